The van der Waals surface area contributed by atoms with Crippen LogP contribution >= 0.6 is 0 Å². The van der Waals surface area contributed by atoms with E-state index in [1.54, 1.807) is 12.8 Å². The van der Waals surface area contributed by atoms with Crippen molar-refractivity contribution in [3.63, 3.8) is 0 Å². The molecule has 0 bridgehead atoms. The van der Waals surface area contributed by atoms with E-state index in [2.05, 4.69) is 13.8 Å². The van der Waals surface area contributed by atoms with Gasteiger partial charge >= 0.3 is 0 Å². The molecule has 0 saturated heterocycles. The van der Waals surface area contributed by atoms with Crippen molar-refractivity contribution in [3.8, 4) is 0 Å². The SMILES string of the molecule is CCC1CC2C(C)C3CC1C23. The Morgan fingerprint density at radius 2 is 1.82 bits per heavy atom. The second kappa shape index (κ2) is 1.84. The van der Waals surface area contributed by atoms with Gasteiger partial charge in [-0.2, -0.15) is 0 Å². The first-order chi connectivity index (χ1) is 5.33. The van der Waals surface area contributed by atoms with Gasteiger partial charge in [-0.25, -0.2) is 0 Å². The molecule has 0 aromatic heterocycles. The number of rotatable bonds is 1. The molecule has 0 heterocycles. The highest BCUT2D eigenvalue weighted by Crippen LogP contribution is 2.70. The summed E-state index contributed by atoms with van der Waals surface area (Å²) < 4.78 is 0. The van der Waals surface area contributed by atoms with E-state index in [1.807, 2.05) is 0 Å². The van der Waals surface area contributed by atoms with Crippen LogP contribution in [0, 0.1) is 35.5 Å². The van der Waals surface area contributed by atoms with Gasteiger partial charge in [-0.1, -0.05) is 20.3 Å². The van der Waals surface area contributed by atoms with Gasteiger partial charge < -0.3 is 0 Å². The van der Waals surface area contributed by atoms with E-state index in [4.69, 9.17) is 0 Å². The van der Waals surface area contributed by atoms with Crippen molar-refractivity contribution < 1.29 is 0 Å². The van der Waals surface area contributed by atoms with Crippen molar-refractivity contribution in [3.05, 3.63) is 0 Å². The first-order valence-electron chi connectivity index (χ1n) is 5.33. The zero-order valence-corrected chi connectivity index (χ0v) is 7.59. The van der Waals surface area contributed by atoms with Crippen LogP contribution in [-0.4, -0.2) is 0 Å². The van der Waals surface area contributed by atoms with Crippen molar-refractivity contribution in [1.29, 1.82) is 0 Å². The molecule has 0 N–H and O–H groups in total. The molecule has 11 heavy (non-hydrogen) atoms. The molecule has 0 aliphatic heterocycles. The van der Waals surface area contributed by atoms with Crippen molar-refractivity contribution >= 4 is 0 Å². The molecule has 0 heteroatoms. The van der Waals surface area contributed by atoms with Gasteiger partial charge in [0.1, 0.15) is 0 Å². The fraction of sp³-hybridized carbons (Fsp3) is 1.00. The summed E-state index contributed by atoms with van der Waals surface area (Å²) in [5.41, 5.74) is 0. The molecule has 62 valence electrons. The van der Waals surface area contributed by atoms with E-state index in [0.717, 1.165) is 11.8 Å². The molecule has 3 fully saturated rings. The highest BCUT2D eigenvalue weighted by Gasteiger charge is 2.64. The molecule has 0 nitrogen and oxygen atoms in total. The van der Waals surface area contributed by atoms with Crippen LogP contribution in [0.5, 0.6) is 0 Å². The maximum absolute atomic E-state index is 2.49. The normalized spacial score (nSPS) is 64.9. The van der Waals surface area contributed by atoms with E-state index < -0.39 is 0 Å². The summed E-state index contributed by atoms with van der Waals surface area (Å²) in [5, 5.41) is 0. The maximum atomic E-state index is 2.49. The van der Waals surface area contributed by atoms with Gasteiger partial charge in [-0.15, -0.1) is 0 Å². The Morgan fingerprint density at radius 1 is 1.09 bits per heavy atom. The molecule has 3 rings (SSSR count). The molecule has 0 aromatic rings. The van der Waals surface area contributed by atoms with Gasteiger partial charge in [-0.05, 0) is 48.3 Å². The molecular formula is C11H18. The van der Waals surface area contributed by atoms with Crippen LogP contribution in [0.1, 0.15) is 33.1 Å². The topological polar surface area (TPSA) is 0 Å². The zero-order valence-electron chi connectivity index (χ0n) is 7.59. The quantitative estimate of drug-likeness (QED) is 0.539. The molecule has 3 saturated carbocycles. The average molecular weight is 150 g/mol. The Balaban J connectivity index is 1.82. The lowest BCUT2D eigenvalue weighted by Crippen LogP contribution is -2.53. The third-order valence-electron chi connectivity index (χ3n) is 5.08. The lowest BCUT2D eigenvalue weighted by molar-refractivity contribution is -0.106. The minimum atomic E-state index is 1.10. The predicted molar refractivity (Wildman–Crippen MR) is 46.1 cm³/mol. The summed E-state index contributed by atoms with van der Waals surface area (Å²) in [6.45, 7) is 4.87. The summed E-state index contributed by atoms with van der Waals surface area (Å²) in [4.78, 5) is 0. The fourth-order valence-electron chi connectivity index (χ4n) is 4.35. The van der Waals surface area contributed by atoms with Crippen molar-refractivity contribution in [1.82, 2.24) is 0 Å². The largest absolute Gasteiger partial charge is 0.0651 e. The predicted octanol–water partition coefficient (Wildman–Crippen LogP) is 2.93. The first-order valence-corrected chi connectivity index (χ1v) is 5.33. The summed E-state index contributed by atoms with van der Waals surface area (Å²) >= 11 is 0. The molecule has 0 amide bonds. The third kappa shape index (κ3) is 0.554. The molecule has 0 spiro atoms. The van der Waals surface area contributed by atoms with E-state index in [-0.39, 0.29) is 0 Å². The highest BCUT2D eigenvalue weighted by atomic mass is 14.7. The van der Waals surface area contributed by atoms with Gasteiger partial charge in [0.25, 0.3) is 0 Å². The Labute approximate surface area is 69.4 Å². The van der Waals surface area contributed by atoms with Gasteiger partial charge in [0.05, 0.1) is 0 Å². The Hall–Kier alpha value is 0. The lowest BCUT2D eigenvalue weighted by atomic mass is 9.46. The molecule has 0 aromatic carbocycles. The van der Waals surface area contributed by atoms with E-state index in [0.29, 0.717) is 0 Å². The third-order valence-corrected chi connectivity index (χ3v) is 5.08. The van der Waals surface area contributed by atoms with Gasteiger partial charge in [0, 0.05) is 0 Å². The van der Waals surface area contributed by atoms with Crippen LogP contribution in [0.2, 0.25) is 0 Å². The van der Waals surface area contributed by atoms with Crippen molar-refractivity contribution in [2.24, 2.45) is 35.5 Å². The van der Waals surface area contributed by atoms with Crippen LogP contribution < -0.4 is 0 Å². The van der Waals surface area contributed by atoms with E-state index >= 15 is 0 Å². The van der Waals surface area contributed by atoms with Crippen LogP contribution in [0.3, 0.4) is 0 Å². The zero-order chi connectivity index (χ0) is 7.59. The molecule has 6 atom stereocenters. The Morgan fingerprint density at radius 3 is 2.45 bits per heavy atom. The molecular weight excluding hydrogens is 132 g/mol. The Bertz CT molecular complexity index is 172. The summed E-state index contributed by atoms with van der Waals surface area (Å²) in [6.07, 6.45) is 4.64. The van der Waals surface area contributed by atoms with Crippen LogP contribution in [0.15, 0.2) is 0 Å². The van der Waals surface area contributed by atoms with Gasteiger partial charge in [0.2, 0.25) is 0 Å². The lowest BCUT2D eigenvalue weighted by Gasteiger charge is -2.59. The smallest absolute Gasteiger partial charge is 0.0321 e. The number of hydrogen-bond donors (Lipinski definition) is 0. The standard InChI is InChI=1S/C11H18/c1-3-7-4-8-6(2)9-5-10(7)11(8)9/h6-11H,3-5H2,1-2H3. The van der Waals surface area contributed by atoms with Crippen molar-refractivity contribution in [2.75, 3.05) is 0 Å². The average Bonchev–Trinajstić information content (AvgIpc) is 2.09. The minimum Gasteiger partial charge on any atom is -0.0651 e. The van der Waals surface area contributed by atoms with Crippen LogP contribution in [0.25, 0.3) is 0 Å². The summed E-state index contributed by atoms with van der Waals surface area (Å²) in [5.74, 6) is 6.99. The van der Waals surface area contributed by atoms with E-state index in [9.17, 15) is 0 Å². The highest BCUT2D eigenvalue weighted by molar-refractivity contribution is 5.12. The molecule has 3 aliphatic rings. The molecule has 6 unspecified atom stereocenters. The number of hydrogen-bond acceptors (Lipinski definition) is 0. The summed E-state index contributed by atoms with van der Waals surface area (Å²) in [6, 6.07) is 0. The van der Waals surface area contributed by atoms with E-state index in [1.165, 1.54) is 30.1 Å². The Kier molecular flexibility index (Phi) is 1.09. The van der Waals surface area contributed by atoms with Gasteiger partial charge in [-0.3, -0.25) is 0 Å². The second-order valence-corrected chi connectivity index (χ2v) is 5.07. The fourth-order valence-corrected chi connectivity index (χ4v) is 4.35. The first kappa shape index (κ1) is 6.51. The minimum absolute atomic E-state index is 1.10. The van der Waals surface area contributed by atoms with Crippen LogP contribution in [-0.2, 0) is 0 Å². The summed E-state index contributed by atoms with van der Waals surface area (Å²) in [7, 11) is 0. The monoisotopic (exact) mass is 150 g/mol. The molecule has 3 aliphatic carbocycles. The van der Waals surface area contributed by atoms with Crippen LogP contribution in [0.4, 0.5) is 0 Å². The molecule has 0 radical (unpaired) electrons. The van der Waals surface area contributed by atoms with Gasteiger partial charge in [0.15, 0.2) is 0 Å². The van der Waals surface area contributed by atoms with Crippen molar-refractivity contribution in [2.45, 2.75) is 33.1 Å². The second-order valence-electron chi connectivity index (χ2n) is 5.07. The maximum Gasteiger partial charge on any atom is -0.0321 e.